The first-order valence-corrected chi connectivity index (χ1v) is 11.9. The van der Waals surface area contributed by atoms with Gasteiger partial charge in [0.2, 0.25) is 0 Å². The predicted octanol–water partition coefficient (Wildman–Crippen LogP) is 8.23. The summed E-state index contributed by atoms with van der Waals surface area (Å²) in [7, 11) is 0. The summed E-state index contributed by atoms with van der Waals surface area (Å²) in [5.74, 6) is 7.71. The van der Waals surface area contributed by atoms with Crippen LogP contribution in [0.2, 0.25) is 0 Å². The van der Waals surface area contributed by atoms with Gasteiger partial charge in [-0.25, -0.2) is 4.39 Å². The summed E-state index contributed by atoms with van der Waals surface area (Å²) in [6, 6.07) is 18.0. The molecule has 0 heterocycles. The lowest BCUT2D eigenvalue weighted by Crippen LogP contribution is -2.15. The van der Waals surface area contributed by atoms with Crippen LogP contribution in [0.3, 0.4) is 0 Å². The number of hydrogen-bond acceptors (Lipinski definition) is 0. The molecular weight excluding hydrogens is 379 g/mol. The summed E-state index contributed by atoms with van der Waals surface area (Å²) in [5, 5.41) is 1.64. The normalized spacial score (nSPS) is 18.5. The van der Waals surface area contributed by atoms with Crippen molar-refractivity contribution in [3.8, 4) is 11.8 Å². The van der Waals surface area contributed by atoms with Gasteiger partial charge in [-0.3, -0.25) is 0 Å². The molecule has 0 bridgehead atoms. The Morgan fingerprint density at radius 2 is 1.55 bits per heavy atom. The molecule has 1 aliphatic rings. The van der Waals surface area contributed by atoms with Crippen LogP contribution >= 0.6 is 0 Å². The Labute approximate surface area is 186 Å². The van der Waals surface area contributed by atoms with Crippen LogP contribution in [0.25, 0.3) is 10.8 Å². The molecular formula is C30H33F. The number of fused-ring (bicyclic) bond motifs is 1. The van der Waals surface area contributed by atoms with Crippen molar-refractivity contribution in [1.29, 1.82) is 0 Å². The van der Waals surface area contributed by atoms with Crippen LogP contribution in [0.4, 0.5) is 4.39 Å². The second kappa shape index (κ2) is 10.1. The maximum Gasteiger partial charge on any atom is 0.146 e. The summed E-state index contributed by atoms with van der Waals surface area (Å²) in [4.78, 5) is 0. The number of rotatable bonds is 5. The summed E-state index contributed by atoms with van der Waals surface area (Å²) in [5.41, 5.74) is 3.89. The number of halogens is 1. The smallest absolute Gasteiger partial charge is 0.146 e. The van der Waals surface area contributed by atoms with E-state index in [1.165, 1.54) is 56.1 Å². The van der Waals surface area contributed by atoms with Gasteiger partial charge < -0.3 is 0 Å². The molecule has 0 atom stereocenters. The first kappa shape index (κ1) is 21.6. The highest BCUT2D eigenvalue weighted by Gasteiger charge is 2.20. The van der Waals surface area contributed by atoms with Gasteiger partial charge in [-0.1, -0.05) is 99.3 Å². The van der Waals surface area contributed by atoms with E-state index in [0.29, 0.717) is 10.9 Å². The third-order valence-electron chi connectivity index (χ3n) is 6.92. The molecule has 0 aliphatic heterocycles. The maximum absolute atomic E-state index is 15.0. The molecule has 1 fully saturated rings. The molecule has 160 valence electrons. The van der Waals surface area contributed by atoms with Crippen LogP contribution in [-0.2, 0) is 6.42 Å². The van der Waals surface area contributed by atoms with Crippen LogP contribution in [0.15, 0.2) is 54.6 Å². The van der Waals surface area contributed by atoms with Crippen molar-refractivity contribution in [3.05, 3.63) is 82.7 Å². The largest absolute Gasteiger partial charge is 0.205 e. The minimum absolute atomic E-state index is 0.210. The quantitative estimate of drug-likeness (QED) is 0.370. The van der Waals surface area contributed by atoms with Crippen molar-refractivity contribution in [3.63, 3.8) is 0 Å². The van der Waals surface area contributed by atoms with Gasteiger partial charge in [0.25, 0.3) is 0 Å². The lowest BCUT2D eigenvalue weighted by molar-refractivity contribution is 0.252. The number of aryl methyl sites for hydroxylation is 2. The van der Waals surface area contributed by atoms with Crippen molar-refractivity contribution in [2.45, 2.75) is 65.2 Å². The Morgan fingerprint density at radius 1 is 0.839 bits per heavy atom. The van der Waals surface area contributed by atoms with Gasteiger partial charge in [0.15, 0.2) is 0 Å². The second-order valence-corrected chi connectivity index (χ2v) is 9.31. The van der Waals surface area contributed by atoms with E-state index in [4.69, 9.17) is 0 Å². The molecule has 3 aromatic rings. The Balaban J connectivity index is 1.42. The number of hydrogen-bond donors (Lipinski definition) is 0. The van der Waals surface area contributed by atoms with Crippen molar-refractivity contribution in [2.75, 3.05) is 0 Å². The van der Waals surface area contributed by atoms with Gasteiger partial charge in [-0.2, -0.15) is 0 Å². The van der Waals surface area contributed by atoms with Gasteiger partial charge in [-0.05, 0) is 60.7 Å². The van der Waals surface area contributed by atoms with Crippen LogP contribution in [0, 0.1) is 36.4 Å². The second-order valence-electron chi connectivity index (χ2n) is 9.31. The molecule has 0 N–H and O–H groups in total. The SMILES string of the molecule is CCCC1CCC(CCc2ccc3c(F)c(C#Cc4ccc(C)cc4)ccc3c2)CC1. The third-order valence-corrected chi connectivity index (χ3v) is 6.92. The zero-order chi connectivity index (χ0) is 21.6. The van der Waals surface area contributed by atoms with E-state index in [1.54, 1.807) is 0 Å². The highest BCUT2D eigenvalue weighted by molar-refractivity contribution is 5.85. The summed E-state index contributed by atoms with van der Waals surface area (Å²) in [6.07, 6.45) is 10.7. The molecule has 0 amide bonds. The van der Waals surface area contributed by atoms with E-state index in [2.05, 4.69) is 30.9 Å². The molecule has 0 unspecified atom stereocenters. The standard InChI is InChI=1S/C30H33F/c1-3-4-23-9-11-25(12-10-23)13-14-26-16-20-29-28(21-26)19-18-27(30(29)31)17-15-24-7-5-22(2)6-8-24/h5-8,16,18-21,23,25H,3-4,9-14H2,1-2H3. The molecule has 0 radical (unpaired) electrons. The summed E-state index contributed by atoms with van der Waals surface area (Å²) in [6.45, 7) is 4.35. The zero-order valence-corrected chi connectivity index (χ0v) is 18.9. The van der Waals surface area contributed by atoms with E-state index in [9.17, 15) is 0 Å². The summed E-state index contributed by atoms with van der Waals surface area (Å²) < 4.78 is 15.0. The average molecular weight is 413 g/mol. The first-order chi connectivity index (χ1) is 15.1. The number of benzene rings is 3. The maximum atomic E-state index is 15.0. The Kier molecular flexibility index (Phi) is 7.08. The van der Waals surface area contributed by atoms with Crippen LogP contribution in [0.1, 0.15) is 74.1 Å². The molecule has 0 aromatic heterocycles. The van der Waals surface area contributed by atoms with Gasteiger partial charge in [0.1, 0.15) is 5.82 Å². The van der Waals surface area contributed by atoms with Gasteiger partial charge >= 0.3 is 0 Å². The van der Waals surface area contributed by atoms with Crippen LogP contribution in [-0.4, -0.2) is 0 Å². The third kappa shape index (κ3) is 5.56. The predicted molar refractivity (Wildman–Crippen MR) is 130 cm³/mol. The molecule has 1 aliphatic carbocycles. The van der Waals surface area contributed by atoms with Crippen LogP contribution < -0.4 is 0 Å². The summed E-state index contributed by atoms with van der Waals surface area (Å²) >= 11 is 0. The molecule has 4 rings (SSSR count). The average Bonchev–Trinajstić information content (AvgIpc) is 2.79. The minimum atomic E-state index is -0.210. The highest BCUT2D eigenvalue weighted by Crippen LogP contribution is 2.34. The van der Waals surface area contributed by atoms with E-state index in [0.717, 1.165) is 29.2 Å². The molecule has 0 saturated heterocycles. The fourth-order valence-electron chi connectivity index (χ4n) is 4.96. The first-order valence-electron chi connectivity index (χ1n) is 11.9. The molecule has 0 spiro atoms. The van der Waals surface area contributed by atoms with Gasteiger partial charge in [0.05, 0.1) is 5.56 Å². The van der Waals surface area contributed by atoms with Crippen molar-refractivity contribution >= 4 is 10.8 Å². The molecule has 31 heavy (non-hydrogen) atoms. The molecule has 0 nitrogen and oxygen atoms in total. The van der Waals surface area contributed by atoms with Crippen molar-refractivity contribution in [1.82, 2.24) is 0 Å². The highest BCUT2D eigenvalue weighted by atomic mass is 19.1. The molecule has 1 heteroatoms. The fraction of sp³-hybridized carbons (Fsp3) is 0.400. The van der Waals surface area contributed by atoms with Crippen molar-refractivity contribution in [2.24, 2.45) is 11.8 Å². The minimum Gasteiger partial charge on any atom is -0.205 e. The Bertz CT molecular complexity index is 1070. The monoisotopic (exact) mass is 412 g/mol. The molecule has 1 saturated carbocycles. The van der Waals surface area contributed by atoms with Crippen LogP contribution in [0.5, 0.6) is 0 Å². The lowest BCUT2D eigenvalue weighted by atomic mass is 9.78. The van der Waals surface area contributed by atoms with E-state index >= 15 is 4.39 Å². The zero-order valence-electron chi connectivity index (χ0n) is 18.9. The lowest BCUT2D eigenvalue weighted by Gasteiger charge is -2.28. The fourth-order valence-corrected chi connectivity index (χ4v) is 4.96. The Morgan fingerprint density at radius 3 is 2.26 bits per heavy atom. The van der Waals surface area contributed by atoms with E-state index < -0.39 is 0 Å². The van der Waals surface area contributed by atoms with Gasteiger partial charge in [-0.15, -0.1) is 0 Å². The topological polar surface area (TPSA) is 0 Å². The molecule has 3 aromatic carbocycles. The van der Waals surface area contributed by atoms with E-state index in [1.807, 2.05) is 49.4 Å². The van der Waals surface area contributed by atoms with E-state index in [-0.39, 0.29) is 5.82 Å². The van der Waals surface area contributed by atoms with Crippen molar-refractivity contribution < 1.29 is 4.39 Å². The Hall–Kier alpha value is -2.59. The van der Waals surface area contributed by atoms with Gasteiger partial charge in [0, 0.05) is 10.9 Å².